The summed E-state index contributed by atoms with van der Waals surface area (Å²) in [6.07, 6.45) is 18.2. The number of allylic oxidation sites excluding steroid dienone is 3. The highest BCUT2D eigenvalue weighted by molar-refractivity contribution is 5.95. The van der Waals surface area contributed by atoms with Gasteiger partial charge in [0.05, 0.1) is 19.1 Å². The monoisotopic (exact) mass is 362 g/mol. The van der Waals surface area contributed by atoms with Gasteiger partial charge in [0, 0.05) is 5.57 Å². The summed E-state index contributed by atoms with van der Waals surface area (Å²) in [4.78, 5) is 24.7. The van der Waals surface area contributed by atoms with E-state index in [0.717, 1.165) is 38.5 Å². The molecular weight excluding hydrogens is 328 g/mol. The Kier molecular flexibility index (Phi) is 12.2. The molecule has 0 heterocycles. The molecule has 1 rings (SSSR count). The first-order chi connectivity index (χ1) is 12.7. The molecule has 0 aliphatic heterocycles. The van der Waals surface area contributed by atoms with Crippen molar-refractivity contribution in [3.05, 3.63) is 36.0 Å². The minimum atomic E-state index is -0.480. The fraction of sp³-hybridized carbons (Fsp3) is 0.636. The summed E-state index contributed by atoms with van der Waals surface area (Å²) in [5.74, 6) is -1.16. The minimum Gasteiger partial charge on any atom is -0.465 e. The van der Waals surface area contributed by atoms with Crippen LogP contribution in [0.25, 0.3) is 0 Å². The molecule has 0 spiro atoms. The van der Waals surface area contributed by atoms with Crippen molar-refractivity contribution in [1.29, 1.82) is 0 Å². The molecule has 26 heavy (non-hydrogen) atoms. The van der Waals surface area contributed by atoms with E-state index in [2.05, 4.69) is 26.0 Å². The van der Waals surface area contributed by atoms with Crippen molar-refractivity contribution in [3.8, 4) is 0 Å². The molecule has 146 valence electrons. The summed E-state index contributed by atoms with van der Waals surface area (Å²) in [6.45, 7) is 4.96. The summed E-state index contributed by atoms with van der Waals surface area (Å²) >= 11 is 0. The summed E-state index contributed by atoms with van der Waals surface area (Å²) in [5, 5.41) is 0. The maximum Gasteiger partial charge on any atom is 0.334 e. The zero-order valence-corrected chi connectivity index (χ0v) is 16.4. The largest absolute Gasteiger partial charge is 0.465 e. The van der Waals surface area contributed by atoms with E-state index in [9.17, 15) is 9.59 Å². The van der Waals surface area contributed by atoms with Gasteiger partial charge >= 0.3 is 11.9 Å². The van der Waals surface area contributed by atoms with Crippen molar-refractivity contribution >= 4 is 11.9 Å². The van der Waals surface area contributed by atoms with E-state index in [4.69, 9.17) is 9.47 Å². The molecule has 0 aromatic carbocycles. The highest BCUT2D eigenvalue weighted by Gasteiger charge is 2.31. The molecule has 0 saturated carbocycles. The lowest BCUT2D eigenvalue weighted by molar-refractivity contribution is -0.151. The quantitative estimate of drug-likeness (QED) is 0.269. The molecule has 4 heteroatoms. The van der Waals surface area contributed by atoms with E-state index in [1.807, 2.05) is 18.2 Å². The number of unbranched alkanes of at least 4 members (excludes halogenated alkanes) is 2. The number of carbonyl (C=O) groups excluding carboxylic acids is 2. The lowest BCUT2D eigenvalue weighted by Gasteiger charge is -2.21. The van der Waals surface area contributed by atoms with Crippen LogP contribution in [0.15, 0.2) is 36.0 Å². The summed E-state index contributed by atoms with van der Waals surface area (Å²) < 4.78 is 10.7. The highest BCUT2D eigenvalue weighted by atomic mass is 16.5. The zero-order valence-electron chi connectivity index (χ0n) is 16.4. The van der Waals surface area contributed by atoms with Crippen molar-refractivity contribution in [1.82, 2.24) is 0 Å². The van der Waals surface area contributed by atoms with Gasteiger partial charge in [-0.15, -0.1) is 0 Å². The Balaban J connectivity index is 2.41. The van der Waals surface area contributed by atoms with Crippen molar-refractivity contribution in [3.63, 3.8) is 0 Å². The molecule has 0 saturated heterocycles. The van der Waals surface area contributed by atoms with Gasteiger partial charge in [0.1, 0.15) is 0 Å². The van der Waals surface area contributed by atoms with E-state index in [1.165, 1.54) is 0 Å². The second-order valence-corrected chi connectivity index (χ2v) is 6.54. The summed E-state index contributed by atoms with van der Waals surface area (Å²) in [7, 11) is 0. The van der Waals surface area contributed by atoms with Crippen LogP contribution in [0.2, 0.25) is 0 Å². The molecular formula is C22H34O4. The first-order valence-electron chi connectivity index (χ1n) is 10.0. The van der Waals surface area contributed by atoms with Gasteiger partial charge in [-0.3, -0.25) is 4.79 Å². The van der Waals surface area contributed by atoms with Crippen LogP contribution in [0.5, 0.6) is 0 Å². The van der Waals surface area contributed by atoms with Gasteiger partial charge in [0.2, 0.25) is 0 Å². The molecule has 1 aliphatic rings. The Bertz CT molecular complexity index is 502. The van der Waals surface area contributed by atoms with Gasteiger partial charge in [-0.2, -0.15) is 0 Å². The standard InChI is InChI=1S/C22H34O4/c1-3-5-7-9-13-17-25-21(23)19-15-11-12-16-20(19)22(24)26-18-14-10-8-6-4-2/h7-10,15,20H,3-6,11-14,16-18H2,1-2H3/b9-7+,10-8+. The third-order valence-electron chi connectivity index (χ3n) is 4.25. The van der Waals surface area contributed by atoms with Gasteiger partial charge in [0.25, 0.3) is 0 Å². The second kappa shape index (κ2) is 14.3. The van der Waals surface area contributed by atoms with Gasteiger partial charge in [-0.1, -0.05) is 57.1 Å². The summed E-state index contributed by atoms with van der Waals surface area (Å²) in [6, 6.07) is 0. The maximum atomic E-state index is 12.3. The number of hydrogen-bond donors (Lipinski definition) is 0. The van der Waals surface area contributed by atoms with Crippen LogP contribution < -0.4 is 0 Å². The normalized spacial score (nSPS) is 17.5. The van der Waals surface area contributed by atoms with E-state index >= 15 is 0 Å². The van der Waals surface area contributed by atoms with Crippen LogP contribution in [-0.2, 0) is 19.1 Å². The molecule has 0 aromatic heterocycles. The minimum absolute atomic E-state index is 0.306. The van der Waals surface area contributed by atoms with Crippen LogP contribution in [-0.4, -0.2) is 25.2 Å². The number of ether oxygens (including phenoxy) is 2. The van der Waals surface area contributed by atoms with Gasteiger partial charge in [0.15, 0.2) is 0 Å². The van der Waals surface area contributed by atoms with Crippen LogP contribution in [0.1, 0.15) is 71.6 Å². The molecule has 1 atom stereocenters. The lowest BCUT2D eigenvalue weighted by atomic mass is 9.87. The average molecular weight is 363 g/mol. The number of rotatable bonds is 12. The van der Waals surface area contributed by atoms with Crippen LogP contribution in [0.3, 0.4) is 0 Å². The molecule has 0 amide bonds. The molecule has 4 nitrogen and oxygen atoms in total. The van der Waals surface area contributed by atoms with Gasteiger partial charge < -0.3 is 9.47 Å². The Morgan fingerprint density at radius 1 is 0.962 bits per heavy atom. The zero-order chi connectivity index (χ0) is 19.0. The van der Waals surface area contributed by atoms with Crippen molar-refractivity contribution in [2.24, 2.45) is 5.92 Å². The SMILES string of the molecule is CCC/C=C/CCOC(=O)C1=CCCCC1C(=O)OCC/C=C/CCC. The van der Waals surface area contributed by atoms with Crippen LogP contribution in [0, 0.1) is 5.92 Å². The number of esters is 2. The number of hydrogen-bond acceptors (Lipinski definition) is 4. The Morgan fingerprint density at radius 2 is 1.54 bits per heavy atom. The molecule has 1 unspecified atom stereocenters. The fourth-order valence-electron chi connectivity index (χ4n) is 2.78. The van der Waals surface area contributed by atoms with E-state index in [0.29, 0.717) is 38.0 Å². The molecule has 0 aromatic rings. The third kappa shape index (κ3) is 9.02. The average Bonchev–Trinajstić information content (AvgIpc) is 2.67. The first-order valence-corrected chi connectivity index (χ1v) is 10.0. The fourth-order valence-corrected chi connectivity index (χ4v) is 2.78. The molecule has 0 fully saturated rings. The van der Waals surface area contributed by atoms with Crippen molar-refractivity contribution in [2.75, 3.05) is 13.2 Å². The Labute approximate surface area is 158 Å². The van der Waals surface area contributed by atoms with E-state index < -0.39 is 5.92 Å². The van der Waals surface area contributed by atoms with Crippen molar-refractivity contribution < 1.29 is 19.1 Å². The number of carbonyl (C=O) groups is 2. The maximum absolute atomic E-state index is 12.3. The summed E-state index contributed by atoms with van der Waals surface area (Å²) in [5.41, 5.74) is 0.473. The predicted octanol–water partition coefficient (Wildman–Crippen LogP) is 5.29. The molecule has 1 aliphatic carbocycles. The Hall–Kier alpha value is -1.84. The lowest BCUT2D eigenvalue weighted by Crippen LogP contribution is -2.27. The molecule has 0 bridgehead atoms. The molecule has 0 N–H and O–H groups in total. The van der Waals surface area contributed by atoms with Gasteiger partial charge in [-0.05, 0) is 44.9 Å². The van der Waals surface area contributed by atoms with E-state index in [1.54, 1.807) is 0 Å². The molecule has 0 radical (unpaired) electrons. The van der Waals surface area contributed by atoms with Crippen LogP contribution >= 0.6 is 0 Å². The second-order valence-electron chi connectivity index (χ2n) is 6.54. The third-order valence-corrected chi connectivity index (χ3v) is 4.25. The topological polar surface area (TPSA) is 52.6 Å². The first kappa shape index (κ1) is 22.2. The van der Waals surface area contributed by atoms with Gasteiger partial charge in [-0.25, -0.2) is 4.79 Å². The predicted molar refractivity (Wildman–Crippen MR) is 105 cm³/mol. The Morgan fingerprint density at radius 3 is 2.15 bits per heavy atom. The smallest absolute Gasteiger partial charge is 0.334 e. The van der Waals surface area contributed by atoms with Crippen molar-refractivity contribution in [2.45, 2.75) is 71.6 Å². The van der Waals surface area contributed by atoms with E-state index in [-0.39, 0.29) is 11.9 Å². The van der Waals surface area contributed by atoms with Crippen LogP contribution in [0.4, 0.5) is 0 Å². The highest BCUT2D eigenvalue weighted by Crippen LogP contribution is 2.27.